The number of anilines is 3. The topological polar surface area (TPSA) is 92.5 Å². The molecule has 3 aromatic carbocycles. The number of benzene rings is 3. The Labute approximate surface area is 220 Å². The molecule has 1 amide bonds. The molecular formula is C27H29N5O2S2. The second-order valence-electron chi connectivity index (χ2n) is 8.68. The van der Waals surface area contributed by atoms with Crippen LogP contribution in [0.3, 0.4) is 0 Å². The number of nitrogens with one attached hydrogen (secondary N) is 2. The van der Waals surface area contributed by atoms with Gasteiger partial charge in [0.05, 0.1) is 40.1 Å². The van der Waals surface area contributed by atoms with Gasteiger partial charge in [-0.2, -0.15) is 12.6 Å². The summed E-state index contributed by atoms with van der Waals surface area (Å²) >= 11 is 6.48. The van der Waals surface area contributed by atoms with Crippen LogP contribution in [-0.4, -0.2) is 55.2 Å². The molecule has 1 aliphatic rings. The van der Waals surface area contributed by atoms with Crippen LogP contribution in [0.15, 0.2) is 66.7 Å². The number of nitrogens with zero attached hydrogens (tertiary/aromatic N) is 2. The average Bonchev–Trinajstić information content (AvgIpc) is 3.34. The lowest BCUT2D eigenvalue weighted by Gasteiger charge is -2.26. The molecule has 1 fully saturated rings. The molecule has 0 radical (unpaired) electrons. The number of ether oxygens (including phenoxy) is 1. The standard InChI is InChI=1S/C27H29N5O2S2/c28-21-3-1-2-4-22(21)30-26(33)19-7-5-18(6-8-19)25(35)27-31-23-10-9-20(17-24(23)36-27)29-11-12-32-13-15-34-16-14-32/h1-10,17,25,29,35H,11-16,28H2,(H,30,33). The van der Waals surface area contributed by atoms with Crippen molar-refractivity contribution in [3.63, 3.8) is 0 Å². The lowest BCUT2D eigenvalue weighted by Crippen LogP contribution is -2.38. The van der Waals surface area contributed by atoms with Gasteiger partial charge in [0.2, 0.25) is 0 Å². The molecule has 0 bridgehead atoms. The highest BCUT2D eigenvalue weighted by molar-refractivity contribution is 7.81. The summed E-state index contributed by atoms with van der Waals surface area (Å²) in [5, 5.41) is 7.12. The normalized spacial score (nSPS) is 15.0. The number of rotatable bonds is 8. The molecule has 186 valence electrons. The number of thiazole rings is 1. The predicted octanol–water partition coefficient (Wildman–Crippen LogP) is 4.89. The van der Waals surface area contributed by atoms with Gasteiger partial charge in [-0.05, 0) is 48.0 Å². The van der Waals surface area contributed by atoms with E-state index in [0.29, 0.717) is 16.9 Å². The maximum absolute atomic E-state index is 12.6. The number of nitrogens with two attached hydrogens (primary N) is 1. The van der Waals surface area contributed by atoms with Crippen LogP contribution >= 0.6 is 24.0 Å². The summed E-state index contributed by atoms with van der Waals surface area (Å²) in [7, 11) is 0. The van der Waals surface area contributed by atoms with Gasteiger partial charge in [0, 0.05) is 37.4 Å². The van der Waals surface area contributed by atoms with E-state index < -0.39 is 0 Å². The molecule has 2 heterocycles. The first-order valence-corrected chi connectivity index (χ1v) is 13.3. The Morgan fingerprint density at radius 2 is 1.89 bits per heavy atom. The van der Waals surface area contributed by atoms with E-state index >= 15 is 0 Å². The number of nitrogen functional groups attached to an aromatic ring is 1. The van der Waals surface area contributed by atoms with Crippen molar-refractivity contribution in [2.45, 2.75) is 5.25 Å². The van der Waals surface area contributed by atoms with Crippen molar-refractivity contribution in [2.24, 2.45) is 0 Å². The molecule has 0 saturated carbocycles. The zero-order valence-corrected chi connectivity index (χ0v) is 21.5. The molecule has 4 aromatic rings. The Morgan fingerprint density at radius 3 is 2.67 bits per heavy atom. The summed E-state index contributed by atoms with van der Waals surface area (Å²) in [4.78, 5) is 19.8. The smallest absolute Gasteiger partial charge is 0.255 e. The molecule has 7 nitrogen and oxygen atoms in total. The van der Waals surface area contributed by atoms with Gasteiger partial charge < -0.3 is 21.1 Å². The van der Waals surface area contributed by atoms with Crippen molar-refractivity contribution in [1.82, 2.24) is 9.88 Å². The molecule has 1 unspecified atom stereocenters. The first kappa shape index (κ1) is 24.6. The fourth-order valence-electron chi connectivity index (χ4n) is 4.12. The highest BCUT2D eigenvalue weighted by Gasteiger charge is 2.16. The van der Waals surface area contributed by atoms with Gasteiger partial charge >= 0.3 is 0 Å². The predicted molar refractivity (Wildman–Crippen MR) is 151 cm³/mol. The molecule has 0 aliphatic carbocycles. The summed E-state index contributed by atoms with van der Waals surface area (Å²) in [6, 6.07) is 20.9. The Balaban J connectivity index is 1.22. The van der Waals surface area contributed by atoms with Crippen LogP contribution in [0.2, 0.25) is 0 Å². The maximum atomic E-state index is 12.6. The zero-order valence-electron chi connectivity index (χ0n) is 19.8. The molecule has 1 aliphatic heterocycles. The van der Waals surface area contributed by atoms with Crippen LogP contribution in [0.25, 0.3) is 10.2 Å². The van der Waals surface area contributed by atoms with Crippen LogP contribution in [0.5, 0.6) is 0 Å². The number of hydrogen-bond donors (Lipinski definition) is 4. The number of carbonyl (C=O) groups is 1. The molecule has 1 aromatic heterocycles. The van der Waals surface area contributed by atoms with E-state index in [-0.39, 0.29) is 11.2 Å². The van der Waals surface area contributed by atoms with E-state index in [1.165, 1.54) is 0 Å². The molecule has 0 spiro atoms. The second kappa shape index (κ2) is 11.3. The number of thiol groups is 1. The van der Waals surface area contributed by atoms with E-state index in [1.54, 1.807) is 35.6 Å². The summed E-state index contributed by atoms with van der Waals surface area (Å²) < 4.78 is 6.53. The zero-order chi connectivity index (χ0) is 24.9. The minimum Gasteiger partial charge on any atom is -0.397 e. The van der Waals surface area contributed by atoms with Gasteiger partial charge in [0.1, 0.15) is 5.01 Å². The van der Waals surface area contributed by atoms with Gasteiger partial charge in [-0.15, -0.1) is 11.3 Å². The molecule has 5 rings (SSSR count). The number of aromatic nitrogens is 1. The summed E-state index contributed by atoms with van der Waals surface area (Å²) in [6.07, 6.45) is 0. The van der Waals surface area contributed by atoms with Crippen LogP contribution in [-0.2, 0) is 4.74 Å². The van der Waals surface area contributed by atoms with Crippen LogP contribution in [0, 0.1) is 0 Å². The van der Waals surface area contributed by atoms with Crippen molar-refractivity contribution in [1.29, 1.82) is 0 Å². The van der Waals surface area contributed by atoms with Gasteiger partial charge in [0.15, 0.2) is 0 Å². The summed E-state index contributed by atoms with van der Waals surface area (Å²) in [5.41, 5.74) is 10.7. The van der Waals surface area contributed by atoms with Crippen molar-refractivity contribution < 1.29 is 9.53 Å². The van der Waals surface area contributed by atoms with Gasteiger partial charge in [-0.1, -0.05) is 24.3 Å². The van der Waals surface area contributed by atoms with E-state index in [1.807, 2.05) is 24.3 Å². The Kier molecular flexibility index (Phi) is 7.72. The van der Waals surface area contributed by atoms with E-state index in [0.717, 1.165) is 65.9 Å². The average molecular weight is 520 g/mol. The highest BCUT2D eigenvalue weighted by Crippen LogP contribution is 2.35. The second-order valence-corrected chi connectivity index (χ2v) is 10.3. The lowest BCUT2D eigenvalue weighted by molar-refractivity contribution is 0.0398. The van der Waals surface area contributed by atoms with Crippen molar-refractivity contribution in [3.05, 3.63) is 82.9 Å². The van der Waals surface area contributed by atoms with E-state index in [2.05, 4.69) is 33.7 Å². The molecule has 36 heavy (non-hydrogen) atoms. The Bertz CT molecular complexity index is 1340. The third-order valence-corrected chi connectivity index (χ3v) is 8.00. The van der Waals surface area contributed by atoms with Gasteiger partial charge in [0.25, 0.3) is 5.91 Å². The Hall–Kier alpha value is -3.11. The quantitative estimate of drug-likeness (QED) is 0.196. The number of hydrogen-bond acceptors (Lipinski definition) is 8. The number of carbonyl (C=O) groups excluding carboxylic acids is 1. The monoisotopic (exact) mass is 519 g/mol. The van der Waals surface area contributed by atoms with Crippen molar-refractivity contribution in [2.75, 3.05) is 55.8 Å². The fourth-order valence-corrected chi connectivity index (χ4v) is 5.53. The molecule has 1 atom stereocenters. The minimum atomic E-state index is -0.205. The first-order valence-electron chi connectivity index (χ1n) is 12.0. The SMILES string of the molecule is Nc1ccccc1NC(=O)c1ccc(C(S)c2nc3ccc(NCCN4CCOCC4)cc3s2)cc1. The first-order chi connectivity index (χ1) is 17.6. The number of morpholine rings is 1. The molecule has 4 N–H and O–H groups in total. The third kappa shape index (κ3) is 5.82. The molecule has 1 saturated heterocycles. The maximum Gasteiger partial charge on any atom is 0.255 e. The van der Waals surface area contributed by atoms with Crippen molar-refractivity contribution in [3.8, 4) is 0 Å². The van der Waals surface area contributed by atoms with E-state index in [4.69, 9.17) is 28.1 Å². The number of para-hydroxylation sites is 2. The number of fused-ring (bicyclic) bond motifs is 1. The third-order valence-electron chi connectivity index (χ3n) is 6.20. The lowest BCUT2D eigenvalue weighted by atomic mass is 10.1. The van der Waals surface area contributed by atoms with Crippen LogP contribution in [0.4, 0.5) is 17.1 Å². The fraction of sp³-hybridized carbons (Fsp3) is 0.259. The van der Waals surface area contributed by atoms with E-state index in [9.17, 15) is 4.79 Å². The molecule has 9 heteroatoms. The summed E-state index contributed by atoms with van der Waals surface area (Å²) in [5.74, 6) is -0.205. The van der Waals surface area contributed by atoms with Crippen LogP contribution in [0.1, 0.15) is 26.2 Å². The molecular weight excluding hydrogens is 490 g/mol. The highest BCUT2D eigenvalue weighted by atomic mass is 32.1. The minimum absolute atomic E-state index is 0.179. The van der Waals surface area contributed by atoms with Crippen LogP contribution < -0.4 is 16.4 Å². The summed E-state index contributed by atoms with van der Waals surface area (Å²) in [6.45, 7) is 5.52. The van der Waals surface area contributed by atoms with Gasteiger partial charge in [-0.25, -0.2) is 4.98 Å². The van der Waals surface area contributed by atoms with Gasteiger partial charge in [-0.3, -0.25) is 9.69 Å². The number of amides is 1. The largest absolute Gasteiger partial charge is 0.397 e. The Morgan fingerprint density at radius 1 is 1.11 bits per heavy atom. The van der Waals surface area contributed by atoms with Crippen molar-refractivity contribution >= 4 is 57.2 Å².